The largest absolute Gasteiger partial charge is 0.497 e. The molecule has 2 aromatic carbocycles. The van der Waals surface area contributed by atoms with Crippen molar-refractivity contribution in [2.24, 2.45) is 0 Å². The lowest BCUT2D eigenvalue weighted by Crippen LogP contribution is -2.39. The van der Waals surface area contributed by atoms with Gasteiger partial charge in [-0.1, -0.05) is 23.4 Å². The van der Waals surface area contributed by atoms with Crippen LogP contribution < -0.4 is 4.74 Å². The summed E-state index contributed by atoms with van der Waals surface area (Å²) in [5.74, 6) is 3.79. The summed E-state index contributed by atoms with van der Waals surface area (Å²) >= 11 is 0. The molecule has 0 aliphatic carbocycles. The van der Waals surface area contributed by atoms with E-state index in [-0.39, 0.29) is 11.9 Å². The molecule has 0 spiro atoms. The summed E-state index contributed by atoms with van der Waals surface area (Å²) in [7, 11) is 1.65. The minimum Gasteiger partial charge on any atom is -0.497 e. The van der Waals surface area contributed by atoms with Gasteiger partial charge in [-0.3, -0.25) is 4.79 Å². The second-order valence-electron chi connectivity index (χ2n) is 6.63. The molecule has 4 rings (SSSR count). The monoisotopic (exact) mass is 373 g/mol. The van der Waals surface area contributed by atoms with Crippen molar-refractivity contribution in [3.05, 3.63) is 65.0 Å². The maximum absolute atomic E-state index is 12.4. The Labute approximate surface area is 163 Å². The van der Waals surface area contributed by atoms with E-state index < -0.39 is 0 Å². The Morgan fingerprint density at radius 1 is 1.29 bits per heavy atom. The van der Waals surface area contributed by atoms with E-state index in [4.69, 9.17) is 15.7 Å². The predicted molar refractivity (Wildman–Crippen MR) is 104 cm³/mol. The summed E-state index contributed by atoms with van der Waals surface area (Å²) in [6.07, 6.45) is 6.15. The maximum Gasteiger partial charge on any atom is 0.298 e. The predicted octanol–water partition coefficient (Wildman–Crippen LogP) is 3.16. The molecule has 1 aliphatic heterocycles. The summed E-state index contributed by atoms with van der Waals surface area (Å²) in [5.41, 5.74) is 4.00. The molecule has 140 valence electrons. The molecule has 0 radical (unpaired) electrons. The minimum atomic E-state index is -0.317. The van der Waals surface area contributed by atoms with E-state index in [1.54, 1.807) is 18.9 Å². The summed E-state index contributed by atoms with van der Waals surface area (Å²) in [5, 5.41) is 3.82. The molecule has 1 amide bonds. The van der Waals surface area contributed by atoms with Gasteiger partial charge in [-0.05, 0) is 60.2 Å². The van der Waals surface area contributed by atoms with Crippen molar-refractivity contribution in [2.75, 3.05) is 13.7 Å². The van der Waals surface area contributed by atoms with Gasteiger partial charge in [-0.15, -0.1) is 6.42 Å². The Balaban J connectivity index is 1.76. The van der Waals surface area contributed by atoms with Gasteiger partial charge in [0, 0.05) is 12.1 Å². The Hall–Kier alpha value is -3.59. The number of hydrogen-bond acceptors (Lipinski definition) is 5. The van der Waals surface area contributed by atoms with Crippen molar-refractivity contribution >= 4 is 5.91 Å². The van der Waals surface area contributed by atoms with Crippen molar-refractivity contribution in [2.45, 2.75) is 19.4 Å². The smallest absolute Gasteiger partial charge is 0.298 e. The molecule has 6 heteroatoms. The number of nitrogens with zero attached hydrogens (tertiary/aromatic N) is 3. The van der Waals surface area contributed by atoms with E-state index in [0.29, 0.717) is 18.3 Å². The quantitative estimate of drug-likeness (QED) is 0.660. The first-order chi connectivity index (χ1) is 13.6. The zero-order valence-corrected chi connectivity index (χ0v) is 15.7. The number of rotatable bonds is 3. The Kier molecular flexibility index (Phi) is 4.58. The minimum absolute atomic E-state index is 0.253. The molecule has 0 unspecified atom stereocenters. The van der Waals surface area contributed by atoms with Crippen LogP contribution in [0.4, 0.5) is 0 Å². The molecule has 2 heterocycles. The first-order valence-corrected chi connectivity index (χ1v) is 8.95. The molecule has 1 atom stereocenters. The summed E-state index contributed by atoms with van der Waals surface area (Å²) < 4.78 is 10.6. The summed E-state index contributed by atoms with van der Waals surface area (Å²) in [4.78, 5) is 18.4. The van der Waals surface area contributed by atoms with Gasteiger partial charge in [0.1, 0.15) is 5.75 Å². The molecule has 0 saturated heterocycles. The van der Waals surface area contributed by atoms with Crippen molar-refractivity contribution in [3.8, 4) is 29.5 Å². The Morgan fingerprint density at radius 2 is 2.07 bits per heavy atom. The van der Waals surface area contributed by atoms with Crippen LogP contribution in [0.2, 0.25) is 0 Å². The summed E-state index contributed by atoms with van der Waals surface area (Å²) in [6.45, 7) is 2.33. The van der Waals surface area contributed by atoms with E-state index in [2.05, 4.69) is 16.1 Å². The van der Waals surface area contributed by atoms with Gasteiger partial charge < -0.3 is 14.2 Å². The van der Waals surface area contributed by atoms with Gasteiger partial charge in [0.25, 0.3) is 11.8 Å². The average Bonchev–Trinajstić information content (AvgIpc) is 3.18. The molecule has 0 bridgehead atoms. The number of methoxy groups -OCH3 is 1. The standard InChI is InChI=1S/C22H19N3O3/c1-4-20(26)25-12-11-17-13-18(27-3)9-10-19(17)21(25)15-5-7-16(8-6-15)22-23-14(2)24-28-22/h1,5-10,13,21H,11-12H2,2-3H3/t21-/m0/s1. The van der Waals surface area contributed by atoms with Crippen LogP contribution in [0, 0.1) is 19.3 Å². The summed E-state index contributed by atoms with van der Waals surface area (Å²) in [6, 6.07) is 13.4. The normalized spacial score (nSPS) is 15.6. The fraction of sp³-hybridized carbons (Fsp3) is 0.227. The highest BCUT2D eigenvalue weighted by molar-refractivity contribution is 5.93. The molecule has 0 saturated carbocycles. The van der Waals surface area contributed by atoms with Crippen molar-refractivity contribution in [3.63, 3.8) is 0 Å². The van der Waals surface area contributed by atoms with Gasteiger partial charge in [0.2, 0.25) is 0 Å². The lowest BCUT2D eigenvalue weighted by atomic mass is 9.87. The number of benzene rings is 2. The molecule has 1 aliphatic rings. The highest BCUT2D eigenvalue weighted by Gasteiger charge is 2.31. The average molecular weight is 373 g/mol. The molecule has 28 heavy (non-hydrogen) atoms. The van der Waals surface area contributed by atoms with Crippen LogP contribution in [0.5, 0.6) is 5.75 Å². The van der Waals surface area contributed by atoms with Gasteiger partial charge >= 0.3 is 0 Å². The van der Waals surface area contributed by atoms with E-state index >= 15 is 0 Å². The molecular weight excluding hydrogens is 354 g/mol. The van der Waals surface area contributed by atoms with E-state index in [9.17, 15) is 4.79 Å². The van der Waals surface area contributed by atoms with Crippen LogP contribution in [-0.2, 0) is 11.2 Å². The zero-order chi connectivity index (χ0) is 19.7. The van der Waals surface area contributed by atoms with Crippen LogP contribution in [-0.4, -0.2) is 34.6 Å². The topological polar surface area (TPSA) is 68.5 Å². The lowest BCUT2D eigenvalue weighted by Gasteiger charge is -2.36. The number of carbonyl (C=O) groups excluding carboxylic acids is 1. The number of amides is 1. The molecule has 6 nitrogen and oxygen atoms in total. The van der Waals surface area contributed by atoms with Gasteiger partial charge in [0.05, 0.1) is 13.2 Å². The maximum atomic E-state index is 12.4. The highest BCUT2D eigenvalue weighted by Crippen LogP contribution is 2.37. The Bertz CT molecular complexity index is 1060. The van der Waals surface area contributed by atoms with Crippen LogP contribution in [0.25, 0.3) is 11.5 Å². The first-order valence-electron chi connectivity index (χ1n) is 8.95. The van der Waals surface area contributed by atoms with E-state index in [1.807, 2.05) is 42.5 Å². The van der Waals surface area contributed by atoms with Gasteiger partial charge in [-0.25, -0.2) is 0 Å². The van der Waals surface area contributed by atoms with Crippen molar-refractivity contribution in [1.82, 2.24) is 15.0 Å². The SMILES string of the molecule is C#CC(=O)N1CCc2cc(OC)ccc2[C@@H]1c1ccc(-c2nc(C)no2)cc1. The molecule has 0 N–H and O–H groups in total. The molecule has 0 fully saturated rings. The fourth-order valence-electron chi connectivity index (χ4n) is 3.61. The van der Waals surface area contributed by atoms with Crippen molar-refractivity contribution < 1.29 is 14.1 Å². The third-order valence-electron chi connectivity index (χ3n) is 4.96. The third kappa shape index (κ3) is 3.12. The lowest BCUT2D eigenvalue weighted by molar-refractivity contribution is -0.127. The van der Waals surface area contributed by atoms with Crippen LogP contribution in [0.15, 0.2) is 47.0 Å². The third-order valence-corrected chi connectivity index (χ3v) is 4.96. The van der Waals surface area contributed by atoms with Crippen LogP contribution >= 0.6 is 0 Å². The number of hydrogen-bond donors (Lipinski definition) is 0. The molecule has 1 aromatic heterocycles. The first kappa shape index (κ1) is 17.8. The number of ether oxygens (including phenoxy) is 1. The molecular formula is C22H19N3O3. The van der Waals surface area contributed by atoms with E-state index in [1.165, 1.54) is 0 Å². The number of terminal acetylenes is 1. The van der Waals surface area contributed by atoms with Crippen LogP contribution in [0.3, 0.4) is 0 Å². The number of aryl methyl sites for hydroxylation is 1. The molecule has 3 aromatic rings. The van der Waals surface area contributed by atoms with Crippen molar-refractivity contribution in [1.29, 1.82) is 0 Å². The fourth-order valence-corrected chi connectivity index (χ4v) is 3.61. The Morgan fingerprint density at radius 3 is 2.71 bits per heavy atom. The second kappa shape index (κ2) is 7.20. The number of carbonyl (C=O) groups is 1. The number of fused-ring (bicyclic) bond motifs is 1. The second-order valence-corrected chi connectivity index (χ2v) is 6.63. The highest BCUT2D eigenvalue weighted by atomic mass is 16.5. The van der Waals surface area contributed by atoms with Gasteiger partial charge in [-0.2, -0.15) is 4.98 Å². The van der Waals surface area contributed by atoms with E-state index in [0.717, 1.165) is 34.4 Å². The van der Waals surface area contributed by atoms with Crippen LogP contribution in [0.1, 0.15) is 28.6 Å². The van der Waals surface area contributed by atoms with Gasteiger partial charge in [0.15, 0.2) is 5.82 Å². The zero-order valence-electron chi connectivity index (χ0n) is 15.7. The number of aromatic nitrogens is 2.